The molecule has 0 bridgehead atoms. The van der Waals surface area contributed by atoms with Crippen LogP contribution in [0.15, 0.2) is 178 Å². The Morgan fingerprint density at radius 2 is 0.977 bits per heavy atom. The number of alkyl carbamates (subject to hydrolysis) is 3. The summed E-state index contributed by atoms with van der Waals surface area (Å²) in [6, 6.07) is 23.6. The Balaban J connectivity index is 0.000000160. The lowest BCUT2D eigenvalue weighted by Crippen LogP contribution is -2.34. The molecular formula is C83H69F2N21O19S8. The number of oxazole rings is 1. The molecule has 50 heteroatoms. The number of carbonyl (C=O) groups is 14. The number of aryl methyl sites for hydroxylation is 1. The first kappa shape index (κ1) is 97.9. The number of ether oxygens (including phenoxy) is 4. The number of thiophene rings is 5. The first-order chi connectivity index (χ1) is 63.4. The Bertz CT molecular complexity index is 6970. The summed E-state index contributed by atoms with van der Waals surface area (Å²) in [6.07, 6.45) is 13.6. The van der Waals surface area contributed by atoms with Crippen molar-refractivity contribution in [3.63, 3.8) is 0 Å². The van der Waals surface area contributed by atoms with Gasteiger partial charge in [-0.3, -0.25) is 84.0 Å². The number of thiazole rings is 3. The number of esters is 1. The minimum absolute atomic E-state index is 0. The van der Waals surface area contributed by atoms with E-state index in [1.165, 1.54) is 128 Å². The molecule has 9 N–H and O–H groups in total. The third kappa shape index (κ3) is 26.8. The number of nitrogens with zero attached hydrogens (tertiary/aromatic N) is 12. The van der Waals surface area contributed by atoms with E-state index in [1.54, 1.807) is 156 Å². The normalized spacial score (nSPS) is 10.6. The van der Waals surface area contributed by atoms with Gasteiger partial charge in [-0.1, -0.05) is 13.5 Å². The first-order valence-electron chi connectivity index (χ1n) is 38.0. The van der Waals surface area contributed by atoms with E-state index >= 15 is 0 Å². The van der Waals surface area contributed by atoms with Gasteiger partial charge in [0.1, 0.15) is 72.0 Å². The van der Waals surface area contributed by atoms with E-state index in [1.807, 2.05) is 24.4 Å². The van der Waals surface area contributed by atoms with Crippen molar-refractivity contribution < 1.29 is 99.3 Å². The standard InChI is InChI=1S/C19H16N4O4S.C17H14F2N4O4S.C16H14N4O4S2.C15H9N5O3S2.C15H12N4O4S2.CH4/c1-11(2)27-17(25)7-15(24)13-5-6-28-19(13)22-18(26)14-10-23-9-12(8-20)3-4-16(23)21-14;1-17(18,19)9-27-16(26)22-13(24)10-5-7-28-15(10)21-14(25)11-8-23-6-3-2-4-12(23)20-11;1-3-24-16(23)20-12(21)9-4-5-25-14(9)19-13(22)15-18-11-10(26-15)6-8(2)7-17-11;21-11(20-15-17-4-5-23-15)8-2-6-24-13(8)19-12(22)14-18-9-7-16-3-1-10(9)25-14;1-2-23-15(22)19-11(20)8-4-6-24-13(8)18-12(21)14-17-9-3-5-16-7-10(9)25-14;/h3-6,9-11H,7H2,1-2H3,(H,22,26);2-8H,9H2,1H3,(H,21,25)(H,22,24,26);4-7H,3H2,1-2H3,(H,19,22)(H,20,21,23);1-7H,(H,19,22)(H,17,20,21);3-7H,2H2,1H3,(H,18,21)(H,19,20,22);1H4. The van der Waals surface area contributed by atoms with Crippen molar-refractivity contribution in [1.29, 1.82) is 5.26 Å². The second kappa shape index (κ2) is 45.5. The summed E-state index contributed by atoms with van der Waals surface area (Å²) in [7, 11) is 0. The number of hydrogen-bond acceptors (Lipinski definition) is 37. The molecule has 133 heavy (non-hydrogen) atoms. The van der Waals surface area contributed by atoms with Crippen molar-refractivity contribution in [2.24, 2.45) is 0 Å². The quantitative estimate of drug-likeness (QED) is 0.0124. The molecule has 16 aromatic heterocycles. The summed E-state index contributed by atoms with van der Waals surface area (Å²) in [6.45, 7) is 8.30. The Morgan fingerprint density at radius 3 is 1.49 bits per heavy atom. The number of rotatable bonds is 23. The van der Waals surface area contributed by atoms with Crippen LogP contribution in [0.4, 0.5) is 54.2 Å². The number of fused-ring (bicyclic) bond motifs is 5. The number of alkyl halides is 2. The number of nitriles is 1. The monoisotopic (exact) mass is 1960 g/mol. The van der Waals surface area contributed by atoms with Crippen molar-refractivity contribution >= 4 is 247 Å². The Morgan fingerprint density at radius 1 is 0.496 bits per heavy atom. The van der Waals surface area contributed by atoms with Crippen LogP contribution in [-0.4, -0.2) is 169 Å². The SMILES string of the molecule is C.CC(C)OC(=O)CC(=O)c1ccsc1NC(=O)c1cn2cc(C#N)ccc2n1.CC(F)(F)COC(=O)NC(=O)c1ccsc1NC(=O)c1cn2ccccc2n1.CCOC(=O)NC(=O)c1ccsc1NC(=O)c1nc2ccncc2s1.CCOC(=O)NC(=O)c1ccsc1NC(=O)c1nc2ncc(C)cc2s1.O=C(Nc1sccc1C(=O)Nc1ncco1)c1nc2cnccc2s1. The fourth-order valence-corrected chi connectivity index (χ4v) is 17.3. The predicted molar refractivity (Wildman–Crippen MR) is 493 cm³/mol. The molecule has 0 aliphatic carbocycles. The van der Waals surface area contributed by atoms with Gasteiger partial charge in [-0.05, 0) is 140 Å². The highest BCUT2D eigenvalue weighted by Crippen LogP contribution is 2.33. The number of amides is 12. The summed E-state index contributed by atoms with van der Waals surface area (Å²) >= 11 is 9.48. The van der Waals surface area contributed by atoms with Crippen LogP contribution in [0.2, 0.25) is 0 Å². The largest absolute Gasteiger partial charge is 0.463 e. The van der Waals surface area contributed by atoms with Gasteiger partial charge < -0.3 is 58.7 Å². The van der Waals surface area contributed by atoms with Gasteiger partial charge in [0.25, 0.3) is 59.1 Å². The van der Waals surface area contributed by atoms with E-state index in [2.05, 4.69) is 102 Å². The number of carbonyl (C=O) groups excluding carboxylic acids is 14. The molecule has 0 fully saturated rings. The second-order valence-corrected chi connectivity index (χ2v) is 34.2. The lowest BCUT2D eigenvalue weighted by Gasteiger charge is -2.11. The van der Waals surface area contributed by atoms with Crippen molar-refractivity contribution in [2.75, 3.05) is 51.7 Å². The van der Waals surface area contributed by atoms with Gasteiger partial charge in [0.05, 0.1) is 84.7 Å². The number of Topliss-reactive ketones (excluding diaryl/α,β-unsaturated/α-hetero) is 1. The van der Waals surface area contributed by atoms with E-state index in [0.717, 1.165) is 31.0 Å². The van der Waals surface area contributed by atoms with Crippen molar-refractivity contribution in [3.05, 3.63) is 239 Å². The van der Waals surface area contributed by atoms with Crippen LogP contribution < -0.4 is 47.9 Å². The highest BCUT2D eigenvalue weighted by Gasteiger charge is 2.29. The molecule has 682 valence electrons. The maximum Gasteiger partial charge on any atom is 0.414 e. The number of imidazole rings is 2. The van der Waals surface area contributed by atoms with Gasteiger partial charge in [0.2, 0.25) is 0 Å². The topological polar surface area (TPSA) is 546 Å². The van der Waals surface area contributed by atoms with E-state index in [4.69, 9.17) is 14.4 Å². The number of pyridine rings is 5. The summed E-state index contributed by atoms with van der Waals surface area (Å²) in [5, 5.41) is 41.3. The second-order valence-electron chi connectivity index (χ2n) is 26.6. The molecule has 0 saturated carbocycles. The zero-order valence-corrected chi connectivity index (χ0v) is 75.3. The molecule has 16 heterocycles. The zero-order valence-electron chi connectivity index (χ0n) is 68.8. The Labute approximate surface area is 780 Å². The predicted octanol–water partition coefficient (Wildman–Crippen LogP) is 16.2. The van der Waals surface area contributed by atoms with Gasteiger partial charge in [0, 0.05) is 56.5 Å². The summed E-state index contributed by atoms with van der Waals surface area (Å²) < 4.78 is 54.7. The number of hydrogen-bond donors (Lipinski definition) is 9. The zero-order chi connectivity index (χ0) is 94.3. The maximum atomic E-state index is 12.7. The van der Waals surface area contributed by atoms with E-state index in [0.29, 0.717) is 71.0 Å². The van der Waals surface area contributed by atoms with Gasteiger partial charge in [-0.2, -0.15) is 5.26 Å². The van der Waals surface area contributed by atoms with Gasteiger partial charge in [-0.25, -0.2) is 58.1 Å². The van der Waals surface area contributed by atoms with Crippen LogP contribution >= 0.6 is 90.7 Å². The third-order valence-electron chi connectivity index (χ3n) is 16.5. The van der Waals surface area contributed by atoms with Gasteiger partial charge >= 0.3 is 30.3 Å². The third-order valence-corrected chi connectivity index (χ3v) is 23.7. The molecule has 12 amide bonds. The van der Waals surface area contributed by atoms with E-state index < -0.39 is 96.2 Å². The van der Waals surface area contributed by atoms with E-state index in [9.17, 15) is 75.9 Å². The molecular weight excluding hydrogens is 1890 g/mol. The smallest absolute Gasteiger partial charge is 0.414 e. The Hall–Kier alpha value is -15.7. The number of nitrogens with one attached hydrogen (secondary N) is 9. The molecule has 16 aromatic rings. The number of halogens is 2. The molecule has 0 unspecified atom stereocenters. The number of anilines is 6. The van der Waals surface area contributed by atoms with Crippen molar-refractivity contribution in [1.82, 2.24) is 69.6 Å². The molecule has 0 spiro atoms. The van der Waals surface area contributed by atoms with Crippen LogP contribution in [0.5, 0.6) is 0 Å². The van der Waals surface area contributed by atoms with Gasteiger partial charge in [0.15, 0.2) is 33.1 Å². The minimum atomic E-state index is -3.21. The Kier molecular flexibility index (Phi) is 33.5. The summed E-state index contributed by atoms with van der Waals surface area (Å²) in [5.41, 5.74) is 5.52. The minimum Gasteiger partial charge on any atom is -0.463 e. The molecule has 0 saturated heterocycles. The number of ketones is 1. The molecule has 0 aliphatic heterocycles. The van der Waals surface area contributed by atoms with Crippen LogP contribution in [-0.2, 0) is 23.7 Å². The van der Waals surface area contributed by atoms with Crippen LogP contribution in [0.25, 0.3) is 42.1 Å². The highest BCUT2D eigenvalue weighted by atomic mass is 32.1. The fraction of sp³-hybridized carbons (Fsp3) is 0.157. The lowest BCUT2D eigenvalue weighted by atomic mass is 10.1. The van der Waals surface area contributed by atoms with Gasteiger partial charge in [-0.15, -0.1) is 90.7 Å². The lowest BCUT2D eigenvalue weighted by molar-refractivity contribution is -0.146. The fourth-order valence-electron chi connectivity index (χ4n) is 10.8. The molecule has 0 atom stereocenters. The average Bonchev–Trinajstić information content (AvgIpc) is 1.68. The summed E-state index contributed by atoms with van der Waals surface area (Å²) in [4.78, 5) is 206. The molecule has 40 nitrogen and oxygen atoms in total. The molecule has 0 aromatic carbocycles. The highest BCUT2D eigenvalue weighted by molar-refractivity contribution is 7.22. The van der Waals surface area contributed by atoms with Crippen LogP contribution in [0.3, 0.4) is 0 Å². The molecule has 0 radical (unpaired) electrons. The molecule has 16 rings (SSSR count). The molecule has 0 aliphatic rings. The van der Waals surface area contributed by atoms with Crippen LogP contribution in [0.1, 0.15) is 162 Å². The van der Waals surface area contributed by atoms with E-state index in [-0.39, 0.29) is 87.3 Å². The average molecular weight is 1960 g/mol. The first-order valence-corrected chi connectivity index (χ1v) is 44.9. The van der Waals surface area contributed by atoms with Crippen LogP contribution in [0, 0.1) is 18.3 Å². The summed E-state index contributed by atoms with van der Waals surface area (Å²) in [5.74, 6) is -9.19. The number of aromatic nitrogens is 11. The number of imide groups is 3. The maximum absolute atomic E-state index is 12.7. The van der Waals surface area contributed by atoms with Crippen molar-refractivity contribution in [2.45, 2.75) is 67.4 Å². The van der Waals surface area contributed by atoms with Crippen molar-refractivity contribution in [3.8, 4) is 6.07 Å².